The predicted octanol–water partition coefficient (Wildman–Crippen LogP) is 3.62. The molecule has 0 amide bonds. The Bertz CT molecular complexity index is 612. The smallest absolute Gasteiger partial charge is 0.167 e. The van der Waals surface area contributed by atoms with E-state index in [0.717, 1.165) is 12.0 Å². The Hall–Kier alpha value is -1.32. The van der Waals surface area contributed by atoms with E-state index in [1.54, 1.807) is 18.3 Å². The van der Waals surface area contributed by atoms with Crippen molar-refractivity contribution in [3.8, 4) is 5.75 Å². The molecular weight excluding hydrogens is 274 g/mol. The van der Waals surface area contributed by atoms with Gasteiger partial charge in [0.1, 0.15) is 11.4 Å². The summed E-state index contributed by atoms with van der Waals surface area (Å²) in [5.41, 5.74) is -0.283. The van der Waals surface area contributed by atoms with Gasteiger partial charge in [-0.1, -0.05) is 37.3 Å². The van der Waals surface area contributed by atoms with Crippen molar-refractivity contribution in [2.75, 3.05) is 0 Å². The minimum absolute atomic E-state index is 0.191. The Balaban J connectivity index is 2.23. The lowest BCUT2D eigenvalue weighted by Gasteiger charge is -2.38. The standard InChI is InChI=1S/C16H18ClNO2/c1-4-5-10(2)16-11(3)6-7-15(16,19)14-13(20-16)8-12(17)9-18-14/h4-5,8-9,11,19H,1,6-7H2,2-3H3/b10-5+. The molecule has 3 atom stereocenters. The molecule has 1 aromatic rings. The van der Waals surface area contributed by atoms with Gasteiger partial charge in [-0.25, -0.2) is 0 Å². The molecule has 2 aliphatic rings. The van der Waals surface area contributed by atoms with Crippen molar-refractivity contribution in [3.05, 3.63) is 47.3 Å². The van der Waals surface area contributed by atoms with Crippen LogP contribution >= 0.6 is 11.6 Å². The highest BCUT2D eigenvalue weighted by Crippen LogP contribution is 2.61. The number of ether oxygens (including phenoxy) is 1. The van der Waals surface area contributed by atoms with Gasteiger partial charge in [0.15, 0.2) is 11.2 Å². The molecule has 0 aromatic carbocycles. The molecule has 1 aliphatic carbocycles. The van der Waals surface area contributed by atoms with Crippen LogP contribution in [0.2, 0.25) is 5.02 Å². The summed E-state index contributed by atoms with van der Waals surface area (Å²) in [7, 11) is 0. The van der Waals surface area contributed by atoms with Crippen molar-refractivity contribution in [1.29, 1.82) is 0 Å². The lowest BCUT2D eigenvalue weighted by atomic mass is 9.75. The molecule has 3 nitrogen and oxygen atoms in total. The molecule has 106 valence electrons. The van der Waals surface area contributed by atoms with Crippen LogP contribution in [0.4, 0.5) is 0 Å². The van der Waals surface area contributed by atoms with E-state index in [-0.39, 0.29) is 5.92 Å². The van der Waals surface area contributed by atoms with Crippen molar-refractivity contribution in [3.63, 3.8) is 0 Å². The van der Waals surface area contributed by atoms with E-state index in [0.29, 0.717) is 22.9 Å². The van der Waals surface area contributed by atoms with Gasteiger partial charge in [-0.2, -0.15) is 0 Å². The largest absolute Gasteiger partial charge is 0.477 e. The summed E-state index contributed by atoms with van der Waals surface area (Å²) in [6.45, 7) is 7.82. The molecule has 0 radical (unpaired) electrons. The third-order valence-corrected chi connectivity index (χ3v) is 4.89. The zero-order valence-corrected chi connectivity index (χ0v) is 12.4. The predicted molar refractivity (Wildman–Crippen MR) is 78.9 cm³/mol. The molecule has 1 N–H and O–H groups in total. The van der Waals surface area contributed by atoms with Crippen molar-refractivity contribution < 1.29 is 9.84 Å². The molecule has 0 bridgehead atoms. The van der Waals surface area contributed by atoms with Crippen molar-refractivity contribution in [2.45, 2.75) is 37.9 Å². The van der Waals surface area contributed by atoms with Crippen LogP contribution in [0.5, 0.6) is 5.75 Å². The van der Waals surface area contributed by atoms with E-state index in [1.165, 1.54) is 0 Å². The second-order valence-electron chi connectivity index (χ2n) is 5.72. The van der Waals surface area contributed by atoms with Crippen LogP contribution < -0.4 is 4.74 Å². The molecule has 0 saturated heterocycles. The molecule has 1 aromatic heterocycles. The average molecular weight is 292 g/mol. The highest BCUT2D eigenvalue weighted by atomic mass is 35.5. The number of hydrogen-bond donors (Lipinski definition) is 1. The first-order valence-corrected chi connectivity index (χ1v) is 7.20. The van der Waals surface area contributed by atoms with Crippen molar-refractivity contribution >= 4 is 11.6 Å². The maximum Gasteiger partial charge on any atom is 0.167 e. The molecule has 3 rings (SSSR count). The Kier molecular flexibility index (Phi) is 2.96. The van der Waals surface area contributed by atoms with Gasteiger partial charge < -0.3 is 9.84 Å². The summed E-state index contributed by atoms with van der Waals surface area (Å²) >= 11 is 5.99. The third kappa shape index (κ3) is 1.48. The topological polar surface area (TPSA) is 42.4 Å². The second kappa shape index (κ2) is 4.34. The van der Waals surface area contributed by atoms with E-state index in [9.17, 15) is 5.11 Å². The van der Waals surface area contributed by atoms with Crippen LogP contribution in [0.15, 0.2) is 36.6 Å². The van der Waals surface area contributed by atoms with Crippen LogP contribution in [-0.4, -0.2) is 15.7 Å². The average Bonchev–Trinajstić information content (AvgIpc) is 2.80. The molecule has 1 saturated carbocycles. The molecule has 3 unspecified atom stereocenters. The summed E-state index contributed by atoms with van der Waals surface area (Å²) in [6.07, 6.45) is 6.72. The van der Waals surface area contributed by atoms with Gasteiger partial charge in [0.25, 0.3) is 0 Å². The fraction of sp³-hybridized carbons (Fsp3) is 0.438. The molecule has 20 heavy (non-hydrogen) atoms. The van der Waals surface area contributed by atoms with Gasteiger partial charge >= 0.3 is 0 Å². The number of aliphatic hydroxyl groups is 1. The number of allylic oxidation sites excluding steroid dienone is 2. The summed E-state index contributed by atoms with van der Waals surface area (Å²) in [6, 6.07) is 1.73. The van der Waals surface area contributed by atoms with Crippen LogP contribution in [0.3, 0.4) is 0 Å². The summed E-state index contributed by atoms with van der Waals surface area (Å²) in [4.78, 5) is 4.34. The quantitative estimate of drug-likeness (QED) is 0.846. The SMILES string of the molecule is C=C/C=C(\C)C12Oc3cc(Cl)cnc3C1(O)CCC2C. The fourth-order valence-corrected chi connectivity index (χ4v) is 3.93. The Morgan fingerprint density at radius 2 is 2.40 bits per heavy atom. The summed E-state index contributed by atoms with van der Waals surface area (Å²) < 4.78 is 6.22. The zero-order valence-electron chi connectivity index (χ0n) is 11.7. The molecule has 4 heteroatoms. The van der Waals surface area contributed by atoms with Gasteiger partial charge in [-0.05, 0) is 25.3 Å². The number of pyridine rings is 1. The Labute approximate surface area is 123 Å². The number of halogens is 1. The van der Waals surface area contributed by atoms with Gasteiger partial charge in [0.05, 0.1) is 5.02 Å². The highest BCUT2D eigenvalue weighted by molar-refractivity contribution is 6.30. The molecular formula is C16H18ClNO2. The van der Waals surface area contributed by atoms with Crippen molar-refractivity contribution in [2.24, 2.45) is 5.92 Å². The second-order valence-corrected chi connectivity index (χ2v) is 6.16. The van der Waals surface area contributed by atoms with E-state index >= 15 is 0 Å². The number of nitrogens with zero attached hydrogens (tertiary/aromatic N) is 1. The van der Waals surface area contributed by atoms with Crippen LogP contribution in [-0.2, 0) is 5.60 Å². The number of rotatable bonds is 2. The van der Waals surface area contributed by atoms with Gasteiger partial charge in [-0.3, -0.25) is 4.98 Å². The molecule has 1 aliphatic heterocycles. The minimum atomic E-state index is -1.09. The summed E-state index contributed by atoms with van der Waals surface area (Å²) in [5.74, 6) is 0.778. The first kappa shape index (κ1) is 13.7. The van der Waals surface area contributed by atoms with E-state index in [1.807, 2.05) is 13.0 Å². The first-order chi connectivity index (χ1) is 9.45. The van der Waals surface area contributed by atoms with Gasteiger partial charge in [-0.15, -0.1) is 0 Å². The third-order valence-electron chi connectivity index (χ3n) is 4.68. The van der Waals surface area contributed by atoms with Gasteiger partial charge in [0, 0.05) is 18.2 Å². The number of fused-ring (bicyclic) bond motifs is 3. The highest BCUT2D eigenvalue weighted by Gasteiger charge is 2.67. The first-order valence-electron chi connectivity index (χ1n) is 6.83. The number of hydrogen-bond acceptors (Lipinski definition) is 3. The normalized spacial score (nSPS) is 35.4. The van der Waals surface area contributed by atoms with E-state index < -0.39 is 11.2 Å². The molecule has 2 heterocycles. The maximum atomic E-state index is 11.3. The Morgan fingerprint density at radius 3 is 3.10 bits per heavy atom. The maximum absolute atomic E-state index is 11.3. The zero-order chi connectivity index (χ0) is 14.5. The monoisotopic (exact) mass is 291 g/mol. The van der Waals surface area contributed by atoms with Crippen LogP contribution in [0.25, 0.3) is 0 Å². The molecule has 0 spiro atoms. The minimum Gasteiger partial charge on any atom is -0.477 e. The van der Waals surface area contributed by atoms with Crippen molar-refractivity contribution in [1.82, 2.24) is 4.98 Å². The van der Waals surface area contributed by atoms with Crippen LogP contribution in [0, 0.1) is 5.92 Å². The van der Waals surface area contributed by atoms with E-state index in [4.69, 9.17) is 16.3 Å². The molecule has 1 fully saturated rings. The summed E-state index contributed by atoms with van der Waals surface area (Å²) in [5, 5.41) is 11.8. The van der Waals surface area contributed by atoms with Gasteiger partial charge in [0.2, 0.25) is 0 Å². The Morgan fingerprint density at radius 1 is 1.65 bits per heavy atom. The lowest BCUT2D eigenvalue weighted by Crippen LogP contribution is -2.52. The number of aromatic nitrogens is 1. The van der Waals surface area contributed by atoms with Crippen LogP contribution in [0.1, 0.15) is 32.4 Å². The lowest BCUT2D eigenvalue weighted by molar-refractivity contribution is -0.0870. The fourth-order valence-electron chi connectivity index (χ4n) is 3.78. The van der Waals surface area contributed by atoms with E-state index in [2.05, 4.69) is 18.5 Å².